The molecule has 1 amide bonds. The smallest absolute Gasteiger partial charge is 0.268 e. The molecule has 1 fully saturated rings. The maximum Gasteiger partial charge on any atom is 0.268 e. The second kappa shape index (κ2) is 4.23. The highest BCUT2D eigenvalue weighted by atomic mass is 79.9. The average Bonchev–Trinajstić information content (AvgIpc) is 2.81. The van der Waals surface area contributed by atoms with Crippen molar-refractivity contribution in [1.29, 1.82) is 0 Å². The van der Waals surface area contributed by atoms with Crippen LogP contribution in [0, 0.1) is 5.82 Å². The van der Waals surface area contributed by atoms with Gasteiger partial charge in [0.25, 0.3) is 5.91 Å². The van der Waals surface area contributed by atoms with E-state index in [4.69, 9.17) is 4.74 Å². The maximum atomic E-state index is 14.0. The number of anilines is 1. The van der Waals surface area contributed by atoms with Crippen LogP contribution in [0.5, 0.6) is 5.75 Å². The number of amides is 1. The molecule has 0 unspecified atom stereocenters. The third kappa shape index (κ3) is 1.72. The first-order valence-electron chi connectivity index (χ1n) is 6.03. The summed E-state index contributed by atoms with van der Waals surface area (Å²) in [7, 11) is 0. The molecule has 0 bridgehead atoms. The molecule has 1 spiro atoms. The lowest BCUT2D eigenvalue weighted by atomic mass is 9.98. The van der Waals surface area contributed by atoms with Gasteiger partial charge in [-0.2, -0.15) is 0 Å². The topological polar surface area (TPSA) is 38.3 Å². The highest BCUT2D eigenvalue weighted by molar-refractivity contribution is 9.08. The Morgan fingerprint density at radius 3 is 2.78 bits per heavy atom. The zero-order valence-corrected chi connectivity index (χ0v) is 11.3. The Hall–Kier alpha value is -1.10. The molecule has 0 radical (unpaired) electrons. The lowest BCUT2D eigenvalue weighted by Gasteiger charge is -2.34. The van der Waals surface area contributed by atoms with Crippen LogP contribution in [0.2, 0.25) is 0 Å². The van der Waals surface area contributed by atoms with Crippen molar-refractivity contribution >= 4 is 27.5 Å². The first kappa shape index (κ1) is 12.0. The maximum absolute atomic E-state index is 14.0. The summed E-state index contributed by atoms with van der Waals surface area (Å²) in [5.74, 6) is -0.368. The minimum Gasteiger partial charge on any atom is -0.472 e. The lowest BCUT2D eigenvalue weighted by molar-refractivity contribution is -0.132. The SMILES string of the molecule is O=C1Nc2cc(CBr)cc(F)c2OC12CCCC2. The number of halogens is 2. The Morgan fingerprint density at radius 1 is 1.39 bits per heavy atom. The van der Waals surface area contributed by atoms with Gasteiger partial charge in [0, 0.05) is 5.33 Å². The highest BCUT2D eigenvalue weighted by Crippen LogP contribution is 2.43. The second-order valence-electron chi connectivity index (χ2n) is 4.85. The summed E-state index contributed by atoms with van der Waals surface area (Å²) in [6.45, 7) is 0. The van der Waals surface area contributed by atoms with Crippen LogP contribution >= 0.6 is 15.9 Å². The minimum atomic E-state index is -0.843. The molecule has 18 heavy (non-hydrogen) atoms. The van der Waals surface area contributed by atoms with Gasteiger partial charge in [-0.1, -0.05) is 15.9 Å². The zero-order valence-electron chi connectivity index (χ0n) is 9.76. The van der Waals surface area contributed by atoms with Crippen molar-refractivity contribution in [3.63, 3.8) is 0 Å². The molecule has 3 nitrogen and oxygen atoms in total. The van der Waals surface area contributed by atoms with E-state index in [1.165, 1.54) is 6.07 Å². The number of carbonyl (C=O) groups excluding carboxylic acids is 1. The number of rotatable bonds is 1. The fourth-order valence-electron chi connectivity index (χ4n) is 2.68. The molecule has 3 rings (SSSR count). The molecule has 96 valence electrons. The van der Waals surface area contributed by atoms with Crippen molar-refractivity contribution in [2.45, 2.75) is 36.6 Å². The molecule has 1 N–H and O–H groups in total. The molecule has 1 aromatic carbocycles. The third-order valence-electron chi connectivity index (χ3n) is 3.63. The number of ether oxygens (including phenoxy) is 1. The number of nitrogens with one attached hydrogen (secondary N) is 1. The van der Waals surface area contributed by atoms with Crippen LogP contribution in [0.4, 0.5) is 10.1 Å². The molecular formula is C13H13BrFNO2. The fourth-order valence-corrected chi connectivity index (χ4v) is 3.00. The Kier molecular flexibility index (Phi) is 2.81. The van der Waals surface area contributed by atoms with E-state index in [9.17, 15) is 9.18 Å². The number of hydrogen-bond donors (Lipinski definition) is 1. The van der Waals surface area contributed by atoms with Gasteiger partial charge in [0.05, 0.1) is 5.69 Å². The van der Waals surface area contributed by atoms with Crippen molar-refractivity contribution in [3.05, 3.63) is 23.5 Å². The molecule has 1 aromatic rings. The van der Waals surface area contributed by atoms with Crippen LogP contribution < -0.4 is 10.1 Å². The van der Waals surface area contributed by atoms with E-state index in [0.29, 0.717) is 23.9 Å². The molecule has 0 aromatic heterocycles. The predicted molar refractivity (Wildman–Crippen MR) is 69.5 cm³/mol. The molecule has 5 heteroatoms. The summed E-state index contributed by atoms with van der Waals surface area (Å²) in [5, 5.41) is 3.32. The van der Waals surface area contributed by atoms with E-state index in [-0.39, 0.29) is 11.7 Å². The van der Waals surface area contributed by atoms with E-state index in [1.807, 2.05) is 0 Å². The molecule has 1 aliphatic carbocycles. The molecular weight excluding hydrogens is 301 g/mol. The largest absolute Gasteiger partial charge is 0.472 e. The first-order valence-corrected chi connectivity index (χ1v) is 7.16. The molecule has 1 saturated carbocycles. The quantitative estimate of drug-likeness (QED) is 0.807. The molecule has 1 heterocycles. The van der Waals surface area contributed by atoms with Crippen molar-refractivity contribution < 1.29 is 13.9 Å². The molecule has 1 aliphatic heterocycles. The van der Waals surface area contributed by atoms with Crippen LogP contribution in [-0.2, 0) is 10.1 Å². The Balaban J connectivity index is 2.04. The van der Waals surface area contributed by atoms with Gasteiger partial charge in [-0.3, -0.25) is 4.79 Å². The third-order valence-corrected chi connectivity index (χ3v) is 4.28. The highest BCUT2D eigenvalue weighted by Gasteiger charge is 2.47. The van der Waals surface area contributed by atoms with Gasteiger partial charge in [0.15, 0.2) is 17.2 Å². The van der Waals surface area contributed by atoms with Gasteiger partial charge >= 0.3 is 0 Å². The van der Waals surface area contributed by atoms with Crippen LogP contribution in [0.25, 0.3) is 0 Å². The zero-order chi connectivity index (χ0) is 12.8. The number of carbonyl (C=O) groups is 1. The minimum absolute atomic E-state index is 0.140. The van der Waals surface area contributed by atoms with E-state index in [1.54, 1.807) is 6.07 Å². The Morgan fingerprint density at radius 2 is 2.11 bits per heavy atom. The van der Waals surface area contributed by atoms with E-state index in [0.717, 1.165) is 18.4 Å². The molecule has 0 atom stereocenters. The van der Waals surface area contributed by atoms with Crippen molar-refractivity contribution in [2.75, 3.05) is 5.32 Å². The van der Waals surface area contributed by atoms with E-state index in [2.05, 4.69) is 21.2 Å². The van der Waals surface area contributed by atoms with Gasteiger partial charge < -0.3 is 10.1 Å². The van der Waals surface area contributed by atoms with E-state index < -0.39 is 11.4 Å². The number of alkyl halides is 1. The first-order chi connectivity index (χ1) is 8.64. The standard InChI is InChI=1S/C13H13BrFNO2/c14-7-8-5-9(15)11-10(6-8)16-12(17)13(18-11)3-1-2-4-13/h5-6H,1-4,7H2,(H,16,17). The summed E-state index contributed by atoms with van der Waals surface area (Å²) in [5.41, 5.74) is 0.369. The van der Waals surface area contributed by atoms with Gasteiger partial charge in [0.2, 0.25) is 0 Å². The summed E-state index contributed by atoms with van der Waals surface area (Å²) >= 11 is 3.27. The summed E-state index contributed by atoms with van der Waals surface area (Å²) < 4.78 is 19.7. The Labute approximate surface area is 113 Å². The summed E-state index contributed by atoms with van der Waals surface area (Å²) in [4.78, 5) is 12.1. The van der Waals surface area contributed by atoms with Crippen molar-refractivity contribution in [3.8, 4) is 5.75 Å². The van der Waals surface area contributed by atoms with Crippen LogP contribution in [0.15, 0.2) is 12.1 Å². The van der Waals surface area contributed by atoms with Gasteiger partial charge in [-0.15, -0.1) is 0 Å². The van der Waals surface area contributed by atoms with Crippen molar-refractivity contribution in [1.82, 2.24) is 0 Å². The predicted octanol–water partition coefficient (Wildman–Crippen LogP) is 3.36. The van der Waals surface area contributed by atoms with Crippen LogP contribution in [-0.4, -0.2) is 11.5 Å². The molecule has 2 aliphatic rings. The second-order valence-corrected chi connectivity index (χ2v) is 5.41. The van der Waals surface area contributed by atoms with Crippen LogP contribution in [0.3, 0.4) is 0 Å². The van der Waals surface area contributed by atoms with Gasteiger partial charge in [-0.05, 0) is 43.4 Å². The fraction of sp³-hybridized carbons (Fsp3) is 0.462. The van der Waals surface area contributed by atoms with Crippen molar-refractivity contribution in [2.24, 2.45) is 0 Å². The molecule has 0 saturated heterocycles. The average molecular weight is 314 g/mol. The number of benzene rings is 1. The summed E-state index contributed by atoms with van der Waals surface area (Å²) in [6, 6.07) is 3.18. The monoisotopic (exact) mass is 313 g/mol. The number of fused-ring (bicyclic) bond motifs is 1. The van der Waals surface area contributed by atoms with Gasteiger partial charge in [-0.25, -0.2) is 4.39 Å². The number of hydrogen-bond acceptors (Lipinski definition) is 2. The van der Waals surface area contributed by atoms with E-state index >= 15 is 0 Å². The summed E-state index contributed by atoms with van der Waals surface area (Å²) in [6.07, 6.45) is 3.23. The van der Waals surface area contributed by atoms with Crippen LogP contribution in [0.1, 0.15) is 31.2 Å². The Bertz CT molecular complexity index is 512. The van der Waals surface area contributed by atoms with Gasteiger partial charge in [0.1, 0.15) is 0 Å². The lowest BCUT2D eigenvalue weighted by Crippen LogP contribution is -2.48. The normalized spacial score (nSPS) is 20.4.